The van der Waals surface area contributed by atoms with Crippen LogP contribution in [-0.4, -0.2) is 15.6 Å². The van der Waals surface area contributed by atoms with Crippen molar-refractivity contribution in [3.63, 3.8) is 0 Å². The Morgan fingerprint density at radius 1 is 1.56 bits per heavy atom. The van der Waals surface area contributed by atoms with Gasteiger partial charge in [0.1, 0.15) is 0 Å². The summed E-state index contributed by atoms with van der Waals surface area (Å²) < 4.78 is 0.583. The molecular weight excluding hydrogens is 148 g/mol. The number of hydrogen-bond acceptors (Lipinski definition) is 2. The first-order valence-corrected chi connectivity index (χ1v) is 5.47. The van der Waals surface area contributed by atoms with Crippen LogP contribution < -0.4 is 0 Å². The van der Waals surface area contributed by atoms with Crippen LogP contribution in [0.2, 0.25) is 0 Å². The minimum absolute atomic E-state index is 0.583. The van der Waals surface area contributed by atoms with Gasteiger partial charge in [-0.3, -0.25) is 0 Å². The van der Waals surface area contributed by atoms with Gasteiger partial charge < -0.3 is 0 Å². The molecule has 2 unspecified atom stereocenters. The van der Waals surface area contributed by atoms with E-state index in [1.54, 1.807) is 0 Å². The summed E-state index contributed by atoms with van der Waals surface area (Å²) in [4.78, 5) is 0. The highest BCUT2D eigenvalue weighted by molar-refractivity contribution is 8.25. The van der Waals surface area contributed by atoms with E-state index in [-0.39, 0.29) is 0 Å². The molecule has 0 radical (unpaired) electrons. The highest BCUT2D eigenvalue weighted by Crippen LogP contribution is 2.64. The van der Waals surface area contributed by atoms with Crippen LogP contribution in [0.5, 0.6) is 0 Å². The molecule has 0 amide bonds. The van der Waals surface area contributed by atoms with Crippen molar-refractivity contribution in [1.29, 1.82) is 0 Å². The van der Waals surface area contributed by atoms with E-state index in [0.29, 0.717) is 4.08 Å². The second-order valence-electron chi connectivity index (χ2n) is 2.84. The maximum atomic E-state index is 2.32. The molecule has 1 fully saturated rings. The van der Waals surface area contributed by atoms with Gasteiger partial charge in [0.25, 0.3) is 0 Å². The average molecular weight is 162 g/mol. The quantitative estimate of drug-likeness (QED) is 0.573. The second kappa shape index (κ2) is 2.39. The van der Waals surface area contributed by atoms with Gasteiger partial charge in [0.2, 0.25) is 0 Å². The molecule has 1 saturated heterocycles. The van der Waals surface area contributed by atoms with Gasteiger partial charge in [-0.15, -0.1) is 23.5 Å². The normalized spacial score (nSPS) is 41.7. The minimum atomic E-state index is 0.583. The third-order valence-corrected chi connectivity index (χ3v) is 6.06. The summed E-state index contributed by atoms with van der Waals surface area (Å²) in [6.45, 7) is 6.95. The molecule has 0 N–H and O–H groups in total. The van der Waals surface area contributed by atoms with Crippen LogP contribution in [0.25, 0.3) is 0 Å². The number of thioether (sulfide) groups is 2. The first-order chi connectivity index (χ1) is 4.13. The van der Waals surface area contributed by atoms with Crippen molar-refractivity contribution >= 4 is 23.5 Å². The van der Waals surface area contributed by atoms with E-state index >= 15 is 0 Å². The van der Waals surface area contributed by atoms with E-state index in [2.05, 4.69) is 38.8 Å². The third-order valence-electron chi connectivity index (χ3n) is 1.99. The molecule has 0 nitrogen and oxygen atoms in total. The lowest BCUT2D eigenvalue weighted by molar-refractivity contribution is 0.614. The molecule has 2 atom stereocenters. The Morgan fingerprint density at radius 2 is 2.00 bits per heavy atom. The molecule has 54 valence electrons. The molecular formula is C7H14S2. The van der Waals surface area contributed by atoms with Crippen molar-refractivity contribution in [2.24, 2.45) is 5.92 Å². The smallest absolute Gasteiger partial charge is 0.0750 e. The lowest BCUT2D eigenvalue weighted by Crippen LogP contribution is -2.15. The zero-order valence-corrected chi connectivity index (χ0v) is 8.10. The lowest BCUT2D eigenvalue weighted by Gasteiger charge is -2.14. The van der Waals surface area contributed by atoms with Gasteiger partial charge in [0, 0.05) is 5.25 Å². The molecule has 1 aliphatic heterocycles. The summed E-state index contributed by atoms with van der Waals surface area (Å²) in [6.07, 6.45) is 2.22. The molecule has 1 rings (SSSR count). The maximum absolute atomic E-state index is 2.32. The second-order valence-corrected chi connectivity index (χ2v) is 5.80. The summed E-state index contributed by atoms with van der Waals surface area (Å²) in [6, 6.07) is 0. The summed E-state index contributed by atoms with van der Waals surface area (Å²) in [7, 11) is 0. The highest BCUT2D eigenvalue weighted by atomic mass is 32.2. The molecule has 0 aliphatic carbocycles. The fourth-order valence-corrected chi connectivity index (χ4v) is 4.24. The van der Waals surface area contributed by atoms with E-state index < -0.39 is 0 Å². The summed E-state index contributed by atoms with van der Waals surface area (Å²) >= 11 is 4.13. The zero-order chi connectivity index (χ0) is 7.07. The van der Waals surface area contributed by atoms with Gasteiger partial charge in [0.15, 0.2) is 0 Å². The van der Waals surface area contributed by atoms with Crippen LogP contribution in [0.3, 0.4) is 0 Å². The van der Waals surface area contributed by atoms with Gasteiger partial charge in [-0.2, -0.15) is 0 Å². The van der Waals surface area contributed by atoms with Crippen LogP contribution >= 0.6 is 23.5 Å². The lowest BCUT2D eigenvalue weighted by atomic mass is 10.1. The molecule has 9 heavy (non-hydrogen) atoms. The topological polar surface area (TPSA) is 0 Å². The Morgan fingerprint density at radius 3 is 2.00 bits per heavy atom. The molecule has 0 aromatic carbocycles. The van der Waals surface area contributed by atoms with Crippen LogP contribution in [0.15, 0.2) is 0 Å². The fraction of sp³-hybridized carbons (Fsp3) is 1.00. The van der Waals surface area contributed by atoms with Crippen molar-refractivity contribution in [2.45, 2.75) is 30.1 Å². The Kier molecular flexibility index (Phi) is 2.07. The van der Waals surface area contributed by atoms with Crippen molar-refractivity contribution in [2.75, 3.05) is 6.26 Å². The molecule has 1 aliphatic rings. The van der Waals surface area contributed by atoms with Crippen LogP contribution in [0, 0.1) is 5.92 Å². The molecule has 0 spiro atoms. The molecule has 0 aromatic rings. The molecule has 2 heteroatoms. The summed E-state index contributed by atoms with van der Waals surface area (Å²) in [5, 5.41) is 0.882. The Bertz CT molecular complexity index is 107. The first-order valence-electron chi connectivity index (χ1n) is 3.36. The maximum Gasteiger partial charge on any atom is 0.0750 e. The summed E-state index contributed by atoms with van der Waals surface area (Å²) in [5.74, 6) is 0.826. The molecule has 1 heterocycles. The van der Waals surface area contributed by atoms with E-state index in [1.165, 1.54) is 0 Å². The molecule has 0 aromatic heterocycles. The van der Waals surface area contributed by atoms with Crippen molar-refractivity contribution in [1.82, 2.24) is 0 Å². The summed E-state index contributed by atoms with van der Waals surface area (Å²) in [5.41, 5.74) is 0. The number of rotatable bonds is 2. The van der Waals surface area contributed by atoms with Crippen molar-refractivity contribution < 1.29 is 0 Å². The van der Waals surface area contributed by atoms with Crippen molar-refractivity contribution in [3.8, 4) is 0 Å². The minimum Gasteiger partial charge on any atom is -0.146 e. The van der Waals surface area contributed by atoms with Crippen LogP contribution in [-0.2, 0) is 0 Å². The van der Waals surface area contributed by atoms with Gasteiger partial charge in [0.05, 0.1) is 4.08 Å². The average Bonchev–Trinajstić information content (AvgIpc) is 2.43. The monoisotopic (exact) mass is 162 g/mol. The predicted octanol–water partition coefficient (Wildman–Crippen LogP) is 2.84. The SMILES string of the molecule is CSC1(C(C)C)SC1C. The Labute approximate surface area is 66.2 Å². The van der Waals surface area contributed by atoms with Crippen LogP contribution in [0.1, 0.15) is 20.8 Å². The Hall–Kier alpha value is 0.700. The first kappa shape index (κ1) is 7.80. The Balaban J connectivity index is 2.52. The largest absolute Gasteiger partial charge is 0.146 e. The van der Waals surface area contributed by atoms with Crippen molar-refractivity contribution in [3.05, 3.63) is 0 Å². The van der Waals surface area contributed by atoms with Gasteiger partial charge in [-0.25, -0.2) is 0 Å². The van der Waals surface area contributed by atoms with E-state index in [1.807, 2.05) is 11.8 Å². The van der Waals surface area contributed by atoms with Gasteiger partial charge in [-0.05, 0) is 12.2 Å². The standard InChI is InChI=1S/C7H14S2/c1-5(2)7(8-4)6(3)9-7/h5-6H,1-4H3. The molecule has 0 bridgehead atoms. The molecule has 0 saturated carbocycles. The van der Waals surface area contributed by atoms with Crippen LogP contribution in [0.4, 0.5) is 0 Å². The number of hydrogen-bond donors (Lipinski definition) is 0. The van der Waals surface area contributed by atoms with E-state index in [4.69, 9.17) is 0 Å². The highest BCUT2D eigenvalue weighted by Gasteiger charge is 2.54. The van der Waals surface area contributed by atoms with E-state index in [9.17, 15) is 0 Å². The zero-order valence-electron chi connectivity index (χ0n) is 6.47. The van der Waals surface area contributed by atoms with Gasteiger partial charge >= 0.3 is 0 Å². The fourth-order valence-electron chi connectivity index (χ4n) is 1.30. The van der Waals surface area contributed by atoms with Gasteiger partial charge in [-0.1, -0.05) is 20.8 Å². The van der Waals surface area contributed by atoms with E-state index in [0.717, 1.165) is 11.2 Å². The predicted molar refractivity (Wildman–Crippen MR) is 48.1 cm³/mol. The third kappa shape index (κ3) is 1.12.